The Balaban J connectivity index is 1.54. The number of nitrogens with zero attached hydrogens (tertiary/aromatic N) is 2. The third-order valence-corrected chi connectivity index (χ3v) is 6.59. The number of aliphatic imine (C=N–C) groups is 1. The maximum absolute atomic E-state index is 13.5. The molecule has 30 heavy (non-hydrogen) atoms. The summed E-state index contributed by atoms with van der Waals surface area (Å²) in [6, 6.07) is 4.12. The smallest absolute Gasteiger partial charge is 0.191 e. The molecule has 168 valence electrons. The Morgan fingerprint density at radius 1 is 1.20 bits per heavy atom. The van der Waals surface area contributed by atoms with Crippen LogP contribution < -0.4 is 15.5 Å². The van der Waals surface area contributed by atoms with Crippen molar-refractivity contribution in [2.45, 2.75) is 51.9 Å². The molecule has 2 fully saturated rings. The molecule has 1 atom stereocenters. The molecule has 1 saturated heterocycles. The van der Waals surface area contributed by atoms with E-state index in [4.69, 9.17) is 4.99 Å². The molecule has 1 heterocycles. The third-order valence-electron chi connectivity index (χ3n) is 6.59. The lowest BCUT2D eigenvalue weighted by molar-refractivity contribution is 0.137. The molecule has 0 spiro atoms. The summed E-state index contributed by atoms with van der Waals surface area (Å²) in [6.07, 6.45) is 7.83. The van der Waals surface area contributed by atoms with Gasteiger partial charge in [-0.25, -0.2) is 8.78 Å². The minimum Gasteiger partial charge on any atom is -0.396 e. The second-order valence-corrected chi connectivity index (χ2v) is 8.81. The molecular weight excluding hydrogens is 386 g/mol. The molecule has 1 aliphatic carbocycles. The van der Waals surface area contributed by atoms with Crippen molar-refractivity contribution < 1.29 is 13.9 Å². The molecule has 1 aromatic rings. The summed E-state index contributed by atoms with van der Waals surface area (Å²) in [7, 11) is 0. The van der Waals surface area contributed by atoms with Crippen molar-refractivity contribution in [3.63, 3.8) is 0 Å². The fraction of sp³-hybridized carbons (Fsp3) is 0.696. The molecule has 7 heteroatoms. The molecular formula is C23H36F2N4O. The molecule has 1 saturated carbocycles. The van der Waals surface area contributed by atoms with Gasteiger partial charge in [-0.05, 0) is 56.1 Å². The lowest BCUT2D eigenvalue weighted by Crippen LogP contribution is -2.41. The molecule has 3 rings (SSSR count). The van der Waals surface area contributed by atoms with Crippen LogP contribution >= 0.6 is 0 Å². The molecule has 2 aliphatic rings. The summed E-state index contributed by atoms with van der Waals surface area (Å²) >= 11 is 0. The van der Waals surface area contributed by atoms with Crippen LogP contribution in [0.2, 0.25) is 0 Å². The van der Waals surface area contributed by atoms with Crippen LogP contribution in [0.15, 0.2) is 23.2 Å². The summed E-state index contributed by atoms with van der Waals surface area (Å²) in [4.78, 5) is 6.97. The van der Waals surface area contributed by atoms with Crippen molar-refractivity contribution >= 4 is 11.6 Å². The first-order chi connectivity index (χ1) is 14.5. The van der Waals surface area contributed by atoms with Crippen LogP contribution in [0.4, 0.5) is 14.5 Å². The van der Waals surface area contributed by atoms with Gasteiger partial charge in [0.05, 0.1) is 0 Å². The van der Waals surface area contributed by atoms with Crippen LogP contribution in [0.25, 0.3) is 0 Å². The monoisotopic (exact) mass is 422 g/mol. The Labute approximate surface area is 179 Å². The van der Waals surface area contributed by atoms with Gasteiger partial charge in [-0.1, -0.05) is 19.3 Å². The number of anilines is 1. The number of benzene rings is 1. The Kier molecular flexibility index (Phi) is 8.31. The molecule has 0 radical (unpaired) electrons. The van der Waals surface area contributed by atoms with Crippen molar-refractivity contribution in [1.82, 2.24) is 10.6 Å². The maximum Gasteiger partial charge on any atom is 0.191 e. The highest BCUT2D eigenvalue weighted by molar-refractivity contribution is 5.79. The van der Waals surface area contributed by atoms with Crippen LogP contribution in [0, 0.1) is 23.0 Å². The van der Waals surface area contributed by atoms with Gasteiger partial charge in [-0.3, -0.25) is 4.99 Å². The number of nitrogens with one attached hydrogen (secondary N) is 2. The SMILES string of the molecule is CCNC(=NCC1(CCO)CCCCC1)NCC1CCN(c2ccc(F)c(F)c2)C1. The molecule has 0 amide bonds. The zero-order valence-electron chi connectivity index (χ0n) is 18.1. The minimum atomic E-state index is -0.806. The quantitative estimate of drug-likeness (QED) is 0.442. The fourth-order valence-electron chi connectivity index (χ4n) is 4.77. The average Bonchev–Trinajstić information content (AvgIpc) is 3.22. The molecule has 3 N–H and O–H groups in total. The Morgan fingerprint density at radius 2 is 2.00 bits per heavy atom. The van der Waals surface area contributed by atoms with E-state index < -0.39 is 11.6 Å². The summed E-state index contributed by atoms with van der Waals surface area (Å²) in [5.74, 6) is -0.357. The lowest BCUT2D eigenvalue weighted by atomic mass is 9.72. The first-order valence-corrected chi connectivity index (χ1v) is 11.4. The number of halogens is 2. The number of aliphatic hydroxyl groups is 1. The number of rotatable bonds is 8. The van der Waals surface area contributed by atoms with Gasteiger partial charge in [0.25, 0.3) is 0 Å². The van der Waals surface area contributed by atoms with Crippen LogP contribution in [0.1, 0.15) is 51.9 Å². The Bertz CT molecular complexity index is 701. The molecule has 0 aromatic heterocycles. The van der Waals surface area contributed by atoms with Gasteiger partial charge in [0.2, 0.25) is 0 Å². The van der Waals surface area contributed by atoms with Crippen LogP contribution in [-0.2, 0) is 0 Å². The summed E-state index contributed by atoms with van der Waals surface area (Å²) in [5, 5.41) is 16.3. The molecule has 1 aromatic carbocycles. The normalized spacial score (nSPS) is 21.7. The standard InChI is InChI=1S/C23H36F2N4O/c1-2-26-22(28-17-23(11-13-30)9-4-3-5-10-23)27-15-18-8-12-29(16-18)19-6-7-20(24)21(25)14-19/h6-7,14,18,30H,2-5,8-13,15-17H2,1H3,(H2,26,27,28). The minimum absolute atomic E-state index is 0.131. The van der Waals surface area contributed by atoms with E-state index in [9.17, 15) is 13.9 Å². The maximum atomic E-state index is 13.5. The van der Waals surface area contributed by atoms with Gasteiger partial charge in [0.1, 0.15) is 0 Å². The second kappa shape index (κ2) is 10.9. The third kappa shape index (κ3) is 6.06. The number of hydrogen-bond donors (Lipinski definition) is 3. The lowest BCUT2D eigenvalue weighted by Gasteiger charge is -2.35. The van der Waals surface area contributed by atoms with E-state index in [-0.39, 0.29) is 12.0 Å². The van der Waals surface area contributed by atoms with Gasteiger partial charge < -0.3 is 20.6 Å². The van der Waals surface area contributed by atoms with E-state index in [2.05, 4.69) is 22.5 Å². The summed E-state index contributed by atoms with van der Waals surface area (Å²) in [5.41, 5.74) is 0.867. The van der Waals surface area contributed by atoms with E-state index in [1.165, 1.54) is 31.4 Å². The van der Waals surface area contributed by atoms with Gasteiger partial charge >= 0.3 is 0 Å². The Hall–Kier alpha value is -1.89. The van der Waals surface area contributed by atoms with Crippen molar-refractivity contribution in [2.75, 3.05) is 44.2 Å². The first-order valence-electron chi connectivity index (χ1n) is 11.4. The van der Waals surface area contributed by atoms with Gasteiger partial charge in [0.15, 0.2) is 17.6 Å². The van der Waals surface area contributed by atoms with E-state index in [0.717, 1.165) is 70.1 Å². The largest absolute Gasteiger partial charge is 0.396 e. The van der Waals surface area contributed by atoms with Crippen molar-refractivity contribution in [3.05, 3.63) is 29.8 Å². The van der Waals surface area contributed by atoms with Crippen molar-refractivity contribution in [3.8, 4) is 0 Å². The van der Waals surface area contributed by atoms with Crippen LogP contribution in [0.5, 0.6) is 0 Å². The predicted octanol–water partition coefficient (Wildman–Crippen LogP) is 3.68. The van der Waals surface area contributed by atoms with E-state index in [1.54, 1.807) is 6.07 Å². The second-order valence-electron chi connectivity index (χ2n) is 8.81. The zero-order chi connectivity index (χ0) is 21.4. The van der Waals surface area contributed by atoms with Gasteiger partial charge in [-0.2, -0.15) is 0 Å². The predicted molar refractivity (Wildman–Crippen MR) is 118 cm³/mol. The highest BCUT2D eigenvalue weighted by Gasteiger charge is 2.31. The molecule has 0 bridgehead atoms. The van der Waals surface area contributed by atoms with Gasteiger partial charge in [-0.15, -0.1) is 0 Å². The molecule has 1 unspecified atom stereocenters. The van der Waals surface area contributed by atoms with E-state index >= 15 is 0 Å². The first kappa shape index (κ1) is 22.8. The average molecular weight is 423 g/mol. The molecule has 5 nitrogen and oxygen atoms in total. The number of hydrogen-bond acceptors (Lipinski definition) is 3. The number of guanidine groups is 1. The topological polar surface area (TPSA) is 59.9 Å². The highest BCUT2D eigenvalue weighted by Crippen LogP contribution is 2.39. The number of aliphatic hydroxyl groups excluding tert-OH is 1. The Morgan fingerprint density at radius 3 is 2.70 bits per heavy atom. The van der Waals surface area contributed by atoms with E-state index in [0.29, 0.717) is 5.92 Å². The van der Waals surface area contributed by atoms with E-state index in [1.807, 2.05) is 0 Å². The summed E-state index contributed by atoms with van der Waals surface area (Å²) in [6.45, 7) is 6.26. The van der Waals surface area contributed by atoms with Crippen molar-refractivity contribution in [1.29, 1.82) is 0 Å². The molecule has 1 aliphatic heterocycles. The highest BCUT2D eigenvalue weighted by atomic mass is 19.2. The van der Waals surface area contributed by atoms with Crippen molar-refractivity contribution in [2.24, 2.45) is 16.3 Å². The van der Waals surface area contributed by atoms with Gasteiger partial charge in [0, 0.05) is 51.1 Å². The summed E-state index contributed by atoms with van der Waals surface area (Å²) < 4.78 is 26.7. The van der Waals surface area contributed by atoms with Crippen LogP contribution in [0.3, 0.4) is 0 Å². The zero-order valence-corrected chi connectivity index (χ0v) is 18.1. The van der Waals surface area contributed by atoms with Crippen LogP contribution in [-0.4, -0.2) is 50.4 Å². The fourth-order valence-corrected chi connectivity index (χ4v) is 4.77.